The number of nitrogens with two attached hydrogens (primary N) is 2. The Hall–Kier alpha value is -4.12. The van der Waals surface area contributed by atoms with Gasteiger partial charge in [0.2, 0.25) is 20.0 Å². The van der Waals surface area contributed by atoms with Crippen molar-refractivity contribution >= 4 is 65.2 Å². The van der Waals surface area contributed by atoms with Crippen LogP contribution in [0.3, 0.4) is 0 Å². The lowest BCUT2D eigenvalue weighted by Gasteiger charge is -2.28. The molecule has 2 aromatic carbocycles. The SMILES string of the molecule is CS(=O)(=O)Nc1ccc2[nH]c3c(c2c1)CC(N)CC3OC(=O)C(=O)OC1CC(N)Cc2c1[nH]c1ccc(NS(C)(=O)=O)cc21. The molecule has 2 aliphatic carbocycles. The maximum Gasteiger partial charge on any atom is 0.418 e. The number of carbonyl (C=O) groups excluding carboxylic acids is 2. The molecule has 234 valence electrons. The molecule has 0 radical (unpaired) electrons. The lowest BCUT2D eigenvalue weighted by Crippen LogP contribution is -2.35. The van der Waals surface area contributed by atoms with Gasteiger partial charge in [-0.05, 0) is 60.4 Å². The fraction of sp³-hybridized carbons (Fsp3) is 0.357. The number of nitrogens with one attached hydrogen (secondary N) is 4. The number of carbonyl (C=O) groups is 2. The second kappa shape index (κ2) is 10.8. The van der Waals surface area contributed by atoms with Gasteiger partial charge in [-0.1, -0.05) is 0 Å². The zero-order valence-corrected chi connectivity index (χ0v) is 25.5. The molecule has 44 heavy (non-hydrogen) atoms. The average molecular weight is 645 g/mol. The maximum atomic E-state index is 13.0. The second-order valence-electron chi connectivity index (χ2n) is 11.5. The van der Waals surface area contributed by atoms with Crippen molar-refractivity contribution in [1.29, 1.82) is 0 Å². The van der Waals surface area contributed by atoms with Crippen LogP contribution in [-0.2, 0) is 52.0 Å². The summed E-state index contributed by atoms with van der Waals surface area (Å²) in [6, 6.07) is 9.25. The van der Waals surface area contributed by atoms with Crippen LogP contribution in [0.25, 0.3) is 21.8 Å². The highest BCUT2D eigenvalue weighted by atomic mass is 32.2. The van der Waals surface area contributed by atoms with Gasteiger partial charge in [-0.2, -0.15) is 0 Å². The number of benzene rings is 2. The van der Waals surface area contributed by atoms with Crippen LogP contribution in [-0.4, -0.2) is 63.3 Å². The summed E-state index contributed by atoms with van der Waals surface area (Å²) in [5.41, 5.74) is 17.4. The van der Waals surface area contributed by atoms with Crippen molar-refractivity contribution in [3.05, 3.63) is 58.9 Å². The molecule has 0 saturated heterocycles. The van der Waals surface area contributed by atoms with Gasteiger partial charge >= 0.3 is 11.9 Å². The first-order chi connectivity index (χ1) is 20.6. The van der Waals surface area contributed by atoms with Crippen molar-refractivity contribution < 1.29 is 35.9 Å². The third-order valence-corrected chi connectivity index (χ3v) is 8.97. The highest BCUT2D eigenvalue weighted by Gasteiger charge is 2.36. The van der Waals surface area contributed by atoms with Crippen LogP contribution in [0.15, 0.2) is 36.4 Å². The minimum atomic E-state index is -3.49. The summed E-state index contributed by atoms with van der Waals surface area (Å²) >= 11 is 0. The predicted molar refractivity (Wildman–Crippen MR) is 164 cm³/mol. The summed E-state index contributed by atoms with van der Waals surface area (Å²) < 4.78 is 63.0. The van der Waals surface area contributed by atoms with E-state index < -0.39 is 44.2 Å². The first-order valence-corrected chi connectivity index (χ1v) is 17.6. The van der Waals surface area contributed by atoms with Crippen molar-refractivity contribution in [1.82, 2.24) is 9.97 Å². The highest BCUT2D eigenvalue weighted by molar-refractivity contribution is 7.92. The quantitative estimate of drug-likeness (QED) is 0.132. The minimum Gasteiger partial charge on any atom is -0.447 e. The topological polar surface area (TPSA) is 229 Å². The van der Waals surface area contributed by atoms with Crippen molar-refractivity contribution in [2.75, 3.05) is 22.0 Å². The van der Waals surface area contributed by atoms with Gasteiger partial charge in [-0.15, -0.1) is 0 Å². The van der Waals surface area contributed by atoms with Crippen LogP contribution < -0.4 is 20.9 Å². The summed E-state index contributed by atoms with van der Waals surface area (Å²) in [7, 11) is -6.98. The number of H-pyrrole nitrogens is 2. The van der Waals surface area contributed by atoms with Crippen LogP contribution >= 0.6 is 0 Å². The van der Waals surface area contributed by atoms with Gasteiger partial charge < -0.3 is 30.9 Å². The lowest BCUT2D eigenvalue weighted by atomic mass is 9.89. The highest BCUT2D eigenvalue weighted by Crippen LogP contribution is 2.39. The monoisotopic (exact) mass is 644 g/mol. The number of esters is 2. The van der Waals surface area contributed by atoms with E-state index in [2.05, 4.69) is 19.4 Å². The van der Waals surface area contributed by atoms with E-state index in [1.165, 1.54) is 0 Å². The maximum absolute atomic E-state index is 13.0. The molecule has 0 amide bonds. The van der Waals surface area contributed by atoms with Crippen LogP contribution in [0.2, 0.25) is 0 Å². The van der Waals surface area contributed by atoms with Gasteiger partial charge in [-0.3, -0.25) is 9.44 Å². The van der Waals surface area contributed by atoms with Crippen LogP contribution in [0.1, 0.15) is 47.6 Å². The van der Waals surface area contributed by atoms with E-state index in [1.807, 2.05) is 0 Å². The molecule has 0 fully saturated rings. The second-order valence-corrected chi connectivity index (χ2v) is 15.0. The van der Waals surface area contributed by atoms with E-state index in [1.54, 1.807) is 36.4 Å². The van der Waals surface area contributed by atoms with Crippen molar-refractivity contribution in [2.45, 2.75) is 50.0 Å². The standard InChI is InChI=1S/C28H32N6O8S2/c1-43(37,38)33-15-3-5-21-17(11-15)19-7-13(29)9-23(25(19)31-21)41-27(35)28(36)42-24-10-14(30)8-20-18-12-16(34-44(2,39)40)4-6-22(18)32-26(20)24/h3-6,11-14,23-24,31-34H,7-10,29-30H2,1-2H3. The number of fused-ring (bicyclic) bond motifs is 6. The zero-order chi connectivity index (χ0) is 31.6. The molecule has 2 aliphatic rings. The van der Waals surface area contributed by atoms with Crippen molar-refractivity contribution in [3.63, 3.8) is 0 Å². The molecular weight excluding hydrogens is 612 g/mol. The van der Waals surface area contributed by atoms with E-state index >= 15 is 0 Å². The van der Waals surface area contributed by atoms with Gasteiger partial charge in [0, 0.05) is 58.1 Å². The number of aromatic nitrogens is 2. The molecule has 16 heteroatoms. The van der Waals surface area contributed by atoms with Crippen molar-refractivity contribution in [2.24, 2.45) is 11.5 Å². The molecule has 0 saturated carbocycles. The van der Waals surface area contributed by atoms with Crippen LogP contribution in [0.4, 0.5) is 11.4 Å². The first kappa shape index (κ1) is 29.9. The number of ether oxygens (including phenoxy) is 2. The Morgan fingerprint density at radius 1 is 0.727 bits per heavy atom. The molecule has 4 unspecified atom stereocenters. The Labute approximate surface area is 252 Å². The number of aromatic amines is 2. The Morgan fingerprint density at radius 2 is 1.11 bits per heavy atom. The largest absolute Gasteiger partial charge is 0.447 e. The Kier molecular flexibility index (Phi) is 7.34. The summed E-state index contributed by atoms with van der Waals surface area (Å²) in [6.07, 6.45) is 1.85. The zero-order valence-electron chi connectivity index (χ0n) is 23.8. The van der Waals surface area contributed by atoms with Crippen molar-refractivity contribution in [3.8, 4) is 0 Å². The molecule has 8 N–H and O–H groups in total. The number of hydrogen-bond acceptors (Lipinski definition) is 10. The van der Waals surface area contributed by atoms with Gasteiger partial charge in [0.1, 0.15) is 12.2 Å². The minimum absolute atomic E-state index is 0.262. The molecule has 0 spiro atoms. The van der Waals surface area contributed by atoms with E-state index in [-0.39, 0.29) is 24.9 Å². The Bertz CT molecular complexity index is 1890. The van der Waals surface area contributed by atoms with E-state index in [4.69, 9.17) is 20.9 Å². The van der Waals surface area contributed by atoms with Gasteiger partial charge in [0.05, 0.1) is 23.9 Å². The average Bonchev–Trinajstić information content (AvgIpc) is 3.45. The molecule has 0 bridgehead atoms. The van der Waals surface area contributed by atoms with E-state index in [9.17, 15) is 26.4 Å². The Morgan fingerprint density at radius 3 is 1.48 bits per heavy atom. The van der Waals surface area contributed by atoms with Crippen LogP contribution in [0, 0.1) is 0 Å². The van der Waals surface area contributed by atoms with Gasteiger partial charge in [-0.25, -0.2) is 26.4 Å². The molecule has 4 aromatic rings. The van der Waals surface area contributed by atoms with Crippen LogP contribution in [0.5, 0.6) is 0 Å². The summed E-state index contributed by atoms with van der Waals surface area (Å²) in [5, 5.41) is 1.45. The molecule has 2 aromatic heterocycles. The van der Waals surface area contributed by atoms with Gasteiger partial charge in [0.25, 0.3) is 0 Å². The summed E-state index contributed by atoms with van der Waals surface area (Å²) in [6.45, 7) is 0. The lowest BCUT2D eigenvalue weighted by molar-refractivity contribution is -0.175. The number of sulfonamides is 2. The van der Waals surface area contributed by atoms with E-state index in [0.29, 0.717) is 46.6 Å². The molecule has 6 rings (SSSR count). The first-order valence-electron chi connectivity index (χ1n) is 13.8. The normalized spacial score (nSPS) is 21.8. The molecule has 0 aliphatic heterocycles. The number of rotatable bonds is 6. The third kappa shape index (κ3) is 6.10. The fourth-order valence-corrected chi connectivity index (χ4v) is 7.24. The third-order valence-electron chi connectivity index (χ3n) is 7.76. The number of hydrogen-bond donors (Lipinski definition) is 6. The molecule has 14 nitrogen and oxygen atoms in total. The smallest absolute Gasteiger partial charge is 0.418 e. The number of anilines is 2. The fourth-order valence-electron chi connectivity index (χ4n) is 6.13. The van der Waals surface area contributed by atoms with E-state index in [0.717, 1.165) is 34.4 Å². The molecule has 2 heterocycles. The summed E-state index contributed by atoms with van der Waals surface area (Å²) in [5.74, 6) is -2.38. The molecular formula is C28H32N6O8S2. The predicted octanol–water partition coefficient (Wildman–Crippen LogP) is 1.81. The summed E-state index contributed by atoms with van der Waals surface area (Å²) in [4.78, 5) is 32.5. The van der Waals surface area contributed by atoms with Gasteiger partial charge in [0.15, 0.2) is 0 Å². The Balaban J connectivity index is 1.22. The molecule has 4 atom stereocenters.